The molecule has 7 nitrogen and oxygen atoms in total. The van der Waals surface area contributed by atoms with Crippen LogP contribution < -0.4 is 5.32 Å². The molecule has 0 saturated carbocycles. The summed E-state index contributed by atoms with van der Waals surface area (Å²) in [5.41, 5.74) is 1.57. The highest BCUT2D eigenvalue weighted by molar-refractivity contribution is 7.89. The van der Waals surface area contributed by atoms with E-state index in [0.717, 1.165) is 9.87 Å². The van der Waals surface area contributed by atoms with Gasteiger partial charge < -0.3 is 10.4 Å². The summed E-state index contributed by atoms with van der Waals surface area (Å²) in [5, 5.41) is 11.6. The van der Waals surface area contributed by atoms with Gasteiger partial charge in [-0.3, -0.25) is 4.79 Å². The van der Waals surface area contributed by atoms with Gasteiger partial charge in [-0.25, -0.2) is 13.2 Å². The van der Waals surface area contributed by atoms with Gasteiger partial charge in [0.25, 0.3) is 0 Å². The van der Waals surface area contributed by atoms with E-state index in [2.05, 4.69) is 5.32 Å². The van der Waals surface area contributed by atoms with Gasteiger partial charge in [-0.05, 0) is 37.6 Å². The van der Waals surface area contributed by atoms with Crippen molar-refractivity contribution in [3.63, 3.8) is 0 Å². The molecule has 2 aromatic rings. The van der Waals surface area contributed by atoms with E-state index in [-0.39, 0.29) is 16.1 Å². The zero-order valence-corrected chi connectivity index (χ0v) is 15.5. The van der Waals surface area contributed by atoms with Gasteiger partial charge in [0.2, 0.25) is 15.9 Å². The molecule has 0 bridgehead atoms. The molecule has 0 aliphatic rings. The average Bonchev–Trinajstić information content (AvgIpc) is 2.54. The molecule has 0 aliphatic heterocycles. The van der Waals surface area contributed by atoms with Crippen LogP contribution in [0, 0.1) is 13.8 Å². The molecule has 0 saturated heterocycles. The van der Waals surface area contributed by atoms with E-state index in [1.165, 1.54) is 31.3 Å². The van der Waals surface area contributed by atoms with Crippen LogP contribution in [0.4, 0.5) is 5.69 Å². The van der Waals surface area contributed by atoms with Crippen molar-refractivity contribution in [3.8, 4) is 0 Å². The number of carboxylic acids is 1. The number of nitrogens with one attached hydrogen (secondary N) is 1. The largest absolute Gasteiger partial charge is 0.478 e. The van der Waals surface area contributed by atoms with Gasteiger partial charge in [-0.2, -0.15) is 4.31 Å². The van der Waals surface area contributed by atoms with E-state index in [0.29, 0.717) is 5.56 Å². The molecule has 138 valence electrons. The van der Waals surface area contributed by atoms with E-state index < -0.39 is 28.4 Å². The minimum Gasteiger partial charge on any atom is -0.478 e. The first kappa shape index (κ1) is 19.6. The number of aryl methyl sites for hydroxylation is 2. The summed E-state index contributed by atoms with van der Waals surface area (Å²) in [5.74, 6) is -1.81. The van der Waals surface area contributed by atoms with Gasteiger partial charge in [0, 0.05) is 7.05 Å². The number of nitrogens with zero attached hydrogens (tertiary/aromatic N) is 1. The highest BCUT2D eigenvalue weighted by atomic mass is 32.2. The van der Waals surface area contributed by atoms with Gasteiger partial charge in [0.05, 0.1) is 22.7 Å². The Morgan fingerprint density at radius 2 is 1.77 bits per heavy atom. The maximum Gasteiger partial charge on any atom is 0.337 e. The Bertz CT molecular complexity index is 954. The van der Waals surface area contributed by atoms with Crippen LogP contribution in [0.3, 0.4) is 0 Å². The molecule has 8 heteroatoms. The van der Waals surface area contributed by atoms with Crippen LogP contribution in [-0.2, 0) is 14.8 Å². The first-order valence-electron chi connectivity index (χ1n) is 7.78. The number of para-hydroxylation sites is 1. The molecule has 0 aliphatic carbocycles. The quantitative estimate of drug-likeness (QED) is 0.805. The van der Waals surface area contributed by atoms with Crippen LogP contribution in [0.5, 0.6) is 0 Å². The van der Waals surface area contributed by atoms with E-state index in [4.69, 9.17) is 5.11 Å². The molecule has 0 spiro atoms. The lowest BCUT2D eigenvalue weighted by Gasteiger charge is -2.18. The summed E-state index contributed by atoms with van der Waals surface area (Å²) < 4.78 is 26.3. The number of rotatable bonds is 6. The number of likely N-dealkylation sites (N-methyl/N-ethyl adjacent to an activating group) is 1. The van der Waals surface area contributed by atoms with E-state index in [1.807, 2.05) is 6.92 Å². The van der Waals surface area contributed by atoms with Crippen molar-refractivity contribution < 1.29 is 23.1 Å². The molecule has 26 heavy (non-hydrogen) atoms. The average molecular weight is 376 g/mol. The topological polar surface area (TPSA) is 104 Å². The molecule has 2 N–H and O–H groups in total. The van der Waals surface area contributed by atoms with Crippen molar-refractivity contribution in [1.82, 2.24) is 4.31 Å². The third-order valence-electron chi connectivity index (χ3n) is 3.82. The number of aromatic carboxylic acids is 1. The maximum atomic E-state index is 12.7. The minimum absolute atomic E-state index is 0.0688. The standard InChI is InChI=1S/C18H20N2O5S/c1-12-8-9-16(13(2)10-12)26(24,25)20(3)11-17(21)19-15-7-5-4-6-14(15)18(22)23/h4-10H,11H2,1-3H3,(H,19,21)(H,22,23). The Hall–Kier alpha value is -2.71. The number of amides is 1. The lowest BCUT2D eigenvalue weighted by atomic mass is 10.2. The zero-order chi connectivity index (χ0) is 19.5. The molecule has 0 radical (unpaired) electrons. The van der Waals surface area contributed by atoms with Crippen molar-refractivity contribution in [3.05, 3.63) is 59.2 Å². The number of benzene rings is 2. The second kappa shape index (κ2) is 7.67. The molecule has 0 heterocycles. The summed E-state index contributed by atoms with van der Waals surface area (Å²) in [6.07, 6.45) is 0. The monoisotopic (exact) mass is 376 g/mol. The smallest absolute Gasteiger partial charge is 0.337 e. The Labute approximate surface area is 152 Å². The van der Waals surface area contributed by atoms with E-state index >= 15 is 0 Å². The predicted octanol–water partition coefficient (Wildman–Crippen LogP) is 2.26. The highest BCUT2D eigenvalue weighted by Crippen LogP contribution is 2.20. The van der Waals surface area contributed by atoms with Gasteiger partial charge in [-0.15, -0.1) is 0 Å². The number of carbonyl (C=O) groups is 2. The number of carboxylic acid groups (broad SMARTS) is 1. The molecule has 0 aromatic heterocycles. The Balaban J connectivity index is 2.17. The molecular weight excluding hydrogens is 356 g/mol. The summed E-state index contributed by atoms with van der Waals surface area (Å²) in [7, 11) is -2.54. The van der Waals surface area contributed by atoms with Gasteiger partial charge >= 0.3 is 5.97 Å². The number of carbonyl (C=O) groups excluding carboxylic acids is 1. The molecule has 2 aromatic carbocycles. The Morgan fingerprint density at radius 3 is 2.38 bits per heavy atom. The lowest BCUT2D eigenvalue weighted by Crippen LogP contribution is -2.35. The SMILES string of the molecule is Cc1ccc(S(=O)(=O)N(C)CC(=O)Nc2ccccc2C(=O)O)c(C)c1. The molecular formula is C18H20N2O5S. The molecule has 0 atom stereocenters. The van der Waals surface area contributed by atoms with Crippen molar-refractivity contribution in [2.24, 2.45) is 0 Å². The lowest BCUT2D eigenvalue weighted by molar-refractivity contribution is -0.116. The summed E-state index contributed by atoms with van der Waals surface area (Å²) in [6.45, 7) is 3.11. The molecule has 1 amide bonds. The summed E-state index contributed by atoms with van der Waals surface area (Å²) in [4.78, 5) is 23.5. The Kier molecular flexibility index (Phi) is 5.79. The third kappa shape index (κ3) is 4.27. The van der Waals surface area contributed by atoms with Crippen LogP contribution >= 0.6 is 0 Å². The Morgan fingerprint density at radius 1 is 1.12 bits per heavy atom. The second-order valence-corrected chi connectivity index (χ2v) is 7.94. The fourth-order valence-electron chi connectivity index (χ4n) is 2.51. The van der Waals surface area contributed by atoms with Crippen molar-refractivity contribution >= 4 is 27.6 Å². The molecule has 0 fully saturated rings. The number of sulfonamides is 1. The van der Waals surface area contributed by atoms with E-state index in [1.54, 1.807) is 25.1 Å². The van der Waals surface area contributed by atoms with Crippen molar-refractivity contribution in [1.29, 1.82) is 0 Å². The molecule has 0 unspecified atom stereocenters. The number of hydrogen-bond donors (Lipinski definition) is 2. The van der Waals surface area contributed by atoms with Gasteiger partial charge in [0.15, 0.2) is 0 Å². The summed E-state index contributed by atoms with van der Waals surface area (Å²) in [6, 6.07) is 10.9. The van der Waals surface area contributed by atoms with Crippen molar-refractivity contribution in [2.75, 3.05) is 18.9 Å². The first-order chi connectivity index (χ1) is 12.1. The highest BCUT2D eigenvalue weighted by Gasteiger charge is 2.25. The first-order valence-corrected chi connectivity index (χ1v) is 9.22. The van der Waals surface area contributed by atoms with Gasteiger partial charge in [-0.1, -0.05) is 29.8 Å². The van der Waals surface area contributed by atoms with Crippen LogP contribution in [0.2, 0.25) is 0 Å². The van der Waals surface area contributed by atoms with Crippen LogP contribution in [0.25, 0.3) is 0 Å². The minimum atomic E-state index is -3.84. The second-order valence-electron chi connectivity index (χ2n) is 5.93. The van der Waals surface area contributed by atoms with Crippen LogP contribution in [0.1, 0.15) is 21.5 Å². The maximum absolute atomic E-state index is 12.7. The predicted molar refractivity (Wildman–Crippen MR) is 97.8 cm³/mol. The third-order valence-corrected chi connectivity index (χ3v) is 5.78. The summed E-state index contributed by atoms with van der Waals surface area (Å²) >= 11 is 0. The normalized spacial score (nSPS) is 11.4. The molecule has 2 rings (SSSR count). The van der Waals surface area contributed by atoms with Gasteiger partial charge in [0.1, 0.15) is 0 Å². The van der Waals surface area contributed by atoms with Crippen LogP contribution in [0.15, 0.2) is 47.4 Å². The number of hydrogen-bond acceptors (Lipinski definition) is 4. The zero-order valence-electron chi connectivity index (χ0n) is 14.7. The van der Waals surface area contributed by atoms with Crippen molar-refractivity contribution in [2.45, 2.75) is 18.7 Å². The van der Waals surface area contributed by atoms with E-state index in [9.17, 15) is 18.0 Å². The fraction of sp³-hybridized carbons (Fsp3) is 0.222. The number of anilines is 1. The fourth-order valence-corrected chi connectivity index (χ4v) is 3.84. The van der Waals surface area contributed by atoms with Crippen LogP contribution in [-0.4, -0.2) is 43.3 Å².